The number of nitriles is 1. The van der Waals surface area contributed by atoms with E-state index in [4.69, 9.17) is 11.0 Å². The standard InChI is InChI=1S/C17H15FN4/c18-16-7-13(3-4-14(16)9-19)17(20)8-15-10-21-11-22(15)6-5-12-1-2-12/h3-4,7,10-12,17H,1-2,8,20H2. The molecule has 1 aliphatic carbocycles. The molecule has 0 saturated heterocycles. The summed E-state index contributed by atoms with van der Waals surface area (Å²) in [7, 11) is 0. The fourth-order valence-electron chi connectivity index (χ4n) is 2.16. The lowest BCUT2D eigenvalue weighted by atomic mass is 10.0. The first-order valence-electron chi connectivity index (χ1n) is 7.15. The first kappa shape index (κ1) is 14.3. The van der Waals surface area contributed by atoms with Gasteiger partial charge in [-0.3, -0.25) is 4.57 Å². The number of benzene rings is 1. The number of aromatic nitrogens is 2. The van der Waals surface area contributed by atoms with Crippen LogP contribution in [0, 0.1) is 35.0 Å². The molecule has 5 heteroatoms. The zero-order valence-electron chi connectivity index (χ0n) is 12.0. The van der Waals surface area contributed by atoms with Crippen LogP contribution in [0.5, 0.6) is 0 Å². The van der Waals surface area contributed by atoms with Crippen molar-refractivity contribution >= 4 is 0 Å². The Bertz CT molecular complexity index is 787. The lowest BCUT2D eigenvalue weighted by Crippen LogP contribution is -2.15. The molecule has 1 aliphatic rings. The predicted molar refractivity (Wildman–Crippen MR) is 79.9 cm³/mol. The van der Waals surface area contributed by atoms with Gasteiger partial charge in [0.15, 0.2) is 0 Å². The molecule has 1 unspecified atom stereocenters. The summed E-state index contributed by atoms with van der Waals surface area (Å²) in [4.78, 5) is 4.10. The molecule has 0 amide bonds. The van der Waals surface area contributed by atoms with Gasteiger partial charge in [0, 0.05) is 30.6 Å². The molecule has 0 aliphatic heterocycles. The number of nitrogens with zero attached hydrogens (tertiary/aromatic N) is 3. The second-order valence-corrected chi connectivity index (χ2v) is 5.45. The fourth-order valence-corrected chi connectivity index (χ4v) is 2.16. The Hall–Kier alpha value is -2.63. The summed E-state index contributed by atoms with van der Waals surface area (Å²) in [5.41, 5.74) is 7.72. The molecule has 0 bridgehead atoms. The molecular weight excluding hydrogens is 279 g/mol. The Labute approximate surface area is 128 Å². The van der Waals surface area contributed by atoms with Crippen molar-refractivity contribution in [1.29, 1.82) is 5.26 Å². The summed E-state index contributed by atoms with van der Waals surface area (Å²) in [6.07, 6.45) is 6.23. The van der Waals surface area contributed by atoms with Crippen molar-refractivity contribution < 1.29 is 4.39 Å². The highest BCUT2D eigenvalue weighted by molar-refractivity contribution is 5.35. The average Bonchev–Trinajstić information content (AvgIpc) is 3.25. The van der Waals surface area contributed by atoms with E-state index in [0.717, 1.165) is 5.69 Å². The van der Waals surface area contributed by atoms with Crippen LogP contribution >= 0.6 is 0 Å². The van der Waals surface area contributed by atoms with Crippen molar-refractivity contribution in [2.24, 2.45) is 11.7 Å². The van der Waals surface area contributed by atoms with Crippen molar-refractivity contribution in [1.82, 2.24) is 9.55 Å². The minimum Gasteiger partial charge on any atom is -0.324 e. The quantitative estimate of drug-likeness (QED) is 0.884. The third-order valence-corrected chi connectivity index (χ3v) is 3.65. The van der Waals surface area contributed by atoms with Crippen molar-refractivity contribution in [3.63, 3.8) is 0 Å². The lowest BCUT2D eigenvalue weighted by molar-refractivity contribution is 0.613. The number of hydrogen-bond acceptors (Lipinski definition) is 3. The van der Waals surface area contributed by atoms with Crippen LogP contribution in [0.3, 0.4) is 0 Å². The number of hydrogen-bond donors (Lipinski definition) is 1. The van der Waals surface area contributed by atoms with Crippen LogP contribution in [0.1, 0.15) is 35.7 Å². The Morgan fingerprint density at radius 1 is 1.45 bits per heavy atom. The van der Waals surface area contributed by atoms with Crippen molar-refractivity contribution in [3.8, 4) is 18.0 Å². The van der Waals surface area contributed by atoms with Crippen LogP contribution in [0.15, 0.2) is 30.7 Å². The maximum absolute atomic E-state index is 13.7. The Balaban J connectivity index is 1.76. The normalized spacial score (nSPS) is 14.8. The van der Waals surface area contributed by atoms with Crippen molar-refractivity contribution in [3.05, 3.63) is 53.4 Å². The second kappa shape index (κ2) is 6.01. The number of halogens is 1. The maximum Gasteiger partial charge on any atom is 0.141 e. The van der Waals surface area contributed by atoms with Gasteiger partial charge in [0.25, 0.3) is 0 Å². The van der Waals surface area contributed by atoms with Gasteiger partial charge in [-0.15, -0.1) is 0 Å². The zero-order valence-corrected chi connectivity index (χ0v) is 12.0. The van der Waals surface area contributed by atoms with Gasteiger partial charge in [0.2, 0.25) is 0 Å². The highest BCUT2D eigenvalue weighted by Crippen LogP contribution is 2.27. The Morgan fingerprint density at radius 2 is 2.27 bits per heavy atom. The molecule has 22 heavy (non-hydrogen) atoms. The highest BCUT2D eigenvalue weighted by Gasteiger charge is 2.18. The first-order valence-corrected chi connectivity index (χ1v) is 7.15. The van der Waals surface area contributed by atoms with E-state index in [0.29, 0.717) is 17.9 Å². The lowest BCUT2D eigenvalue weighted by Gasteiger charge is -2.12. The summed E-state index contributed by atoms with van der Waals surface area (Å²) in [5, 5.41) is 8.75. The average molecular weight is 294 g/mol. The molecule has 110 valence electrons. The van der Waals surface area contributed by atoms with Crippen LogP contribution in [-0.2, 0) is 6.42 Å². The van der Waals surface area contributed by atoms with Gasteiger partial charge in [0.05, 0.1) is 11.3 Å². The second-order valence-electron chi connectivity index (χ2n) is 5.45. The van der Waals surface area contributed by atoms with Gasteiger partial charge in [-0.1, -0.05) is 12.0 Å². The minimum absolute atomic E-state index is 0.0243. The smallest absolute Gasteiger partial charge is 0.141 e. The molecule has 2 aromatic rings. The van der Waals surface area contributed by atoms with E-state index in [9.17, 15) is 4.39 Å². The molecular formula is C17H15FN4. The molecule has 1 fully saturated rings. The van der Waals surface area contributed by atoms with Crippen LogP contribution in [-0.4, -0.2) is 9.55 Å². The molecule has 1 aromatic heterocycles. The van der Waals surface area contributed by atoms with E-state index in [-0.39, 0.29) is 11.6 Å². The summed E-state index contributed by atoms with van der Waals surface area (Å²) in [6.45, 7) is 0. The van der Waals surface area contributed by atoms with Gasteiger partial charge in [-0.25, -0.2) is 9.37 Å². The van der Waals surface area contributed by atoms with Gasteiger partial charge < -0.3 is 5.73 Å². The maximum atomic E-state index is 13.7. The highest BCUT2D eigenvalue weighted by atomic mass is 19.1. The molecule has 4 nitrogen and oxygen atoms in total. The Morgan fingerprint density at radius 3 is 2.95 bits per heavy atom. The fraction of sp³-hybridized carbons (Fsp3) is 0.294. The number of nitrogens with two attached hydrogens (primary N) is 1. The van der Waals surface area contributed by atoms with E-state index in [1.165, 1.54) is 25.0 Å². The number of imidazole rings is 1. The van der Waals surface area contributed by atoms with E-state index in [2.05, 4.69) is 16.9 Å². The molecule has 1 atom stereocenters. The van der Waals surface area contributed by atoms with Crippen LogP contribution in [0.2, 0.25) is 0 Å². The molecule has 3 rings (SSSR count). The molecule has 1 saturated carbocycles. The summed E-state index contributed by atoms with van der Waals surface area (Å²) in [5.74, 6) is 3.14. The molecule has 0 spiro atoms. The molecule has 0 radical (unpaired) electrons. The van der Waals surface area contributed by atoms with Gasteiger partial charge >= 0.3 is 0 Å². The van der Waals surface area contributed by atoms with E-state index >= 15 is 0 Å². The van der Waals surface area contributed by atoms with Crippen LogP contribution in [0.25, 0.3) is 0 Å². The monoisotopic (exact) mass is 294 g/mol. The largest absolute Gasteiger partial charge is 0.324 e. The van der Waals surface area contributed by atoms with Crippen molar-refractivity contribution in [2.75, 3.05) is 0 Å². The molecule has 1 aromatic carbocycles. The topological polar surface area (TPSA) is 67.6 Å². The summed E-state index contributed by atoms with van der Waals surface area (Å²) >= 11 is 0. The van der Waals surface area contributed by atoms with Gasteiger partial charge in [-0.05, 0) is 30.5 Å². The van der Waals surface area contributed by atoms with Crippen LogP contribution in [0.4, 0.5) is 4.39 Å². The van der Waals surface area contributed by atoms with Crippen LogP contribution < -0.4 is 5.73 Å². The van der Waals surface area contributed by atoms with Crippen molar-refractivity contribution in [2.45, 2.75) is 25.3 Å². The third-order valence-electron chi connectivity index (χ3n) is 3.65. The molecule has 2 N–H and O–H groups in total. The van der Waals surface area contributed by atoms with E-state index in [1.807, 2.05) is 0 Å². The van der Waals surface area contributed by atoms with Gasteiger partial charge in [-0.2, -0.15) is 5.26 Å². The minimum atomic E-state index is -0.544. The van der Waals surface area contributed by atoms with Gasteiger partial charge in [0.1, 0.15) is 18.2 Å². The third kappa shape index (κ3) is 3.16. The van der Waals surface area contributed by atoms with E-state index in [1.54, 1.807) is 29.2 Å². The zero-order chi connectivity index (χ0) is 15.5. The summed E-state index contributed by atoms with van der Waals surface area (Å²) in [6, 6.07) is 8.96. The number of rotatable bonds is 3. The first-order chi connectivity index (χ1) is 10.7. The Kier molecular flexibility index (Phi) is 3.91. The summed E-state index contributed by atoms with van der Waals surface area (Å²) < 4.78 is 15.4. The van der Waals surface area contributed by atoms with E-state index < -0.39 is 5.82 Å². The predicted octanol–water partition coefficient (Wildman–Crippen LogP) is 2.36. The molecule has 1 heterocycles. The SMILES string of the molecule is N#Cc1ccc(C(N)Cc2cncn2C#CC2CC2)cc1F.